The molecule has 1 aliphatic rings. The first-order valence-corrected chi connectivity index (χ1v) is 6.89. The van der Waals surface area contributed by atoms with Gasteiger partial charge < -0.3 is 4.90 Å². The van der Waals surface area contributed by atoms with Crippen LogP contribution in [-0.4, -0.2) is 6.54 Å². The first-order chi connectivity index (χ1) is 10.2. The molecule has 2 nitrogen and oxygen atoms in total. The molecule has 0 aliphatic carbocycles. The van der Waals surface area contributed by atoms with Crippen LogP contribution in [0.25, 0.3) is 0 Å². The lowest BCUT2D eigenvalue weighted by Gasteiger charge is -2.31. The van der Waals surface area contributed by atoms with Crippen molar-refractivity contribution in [2.24, 2.45) is 0 Å². The van der Waals surface area contributed by atoms with Crippen LogP contribution in [0.15, 0.2) is 36.4 Å². The maximum atomic E-state index is 14.1. The molecule has 4 heteroatoms. The minimum atomic E-state index is -0.528. The third-order valence-electron chi connectivity index (χ3n) is 3.73. The number of hydrogen-bond donors (Lipinski definition) is 0. The lowest BCUT2D eigenvalue weighted by atomic mass is 10.00. The predicted molar refractivity (Wildman–Crippen MR) is 76.9 cm³/mol. The summed E-state index contributed by atoms with van der Waals surface area (Å²) in [5.41, 5.74) is 2.75. The third kappa shape index (κ3) is 2.73. The molecule has 0 atom stereocenters. The van der Waals surface area contributed by atoms with Crippen molar-refractivity contribution in [3.05, 3.63) is 64.7 Å². The van der Waals surface area contributed by atoms with E-state index in [4.69, 9.17) is 5.26 Å². The number of nitrogens with zero attached hydrogens (tertiary/aromatic N) is 2. The van der Waals surface area contributed by atoms with Crippen molar-refractivity contribution in [2.45, 2.75) is 19.4 Å². The van der Waals surface area contributed by atoms with Gasteiger partial charge in [-0.2, -0.15) is 5.26 Å². The molecule has 3 rings (SSSR count). The van der Waals surface area contributed by atoms with Gasteiger partial charge >= 0.3 is 0 Å². The van der Waals surface area contributed by atoms with Crippen molar-refractivity contribution in [3.8, 4) is 6.07 Å². The van der Waals surface area contributed by atoms with Gasteiger partial charge in [0, 0.05) is 19.2 Å². The van der Waals surface area contributed by atoms with E-state index in [-0.39, 0.29) is 0 Å². The van der Waals surface area contributed by atoms with Crippen LogP contribution in [0.5, 0.6) is 0 Å². The molecule has 1 aliphatic heterocycles. The van der Waals surface area contributed by atoms with Crippen molar-refractivity contribution < 1.29 is 8.78 Å². The first kappa shape index (κ1) is 13.6. The SMILES string of the molecule is N#Cc1cccc(CN2CCCc3cc(F)cc(F)c32)c1. The lowest BCUT2D eigenvalue weighted by Crippen LogP contribution is -2.30. The lowest BCUT2D eigenvalue weighted by molar-refractivity contribution is 0.562. The molecule has 1 heterocycles. The van der Waals surface area contributed by atoms with E-state index in [2.05, 4.69) is 6.07 Å². The van der Waals surface area contributed by atoms with E-state index in [0.29, 0.717) is 24.2 Å². The Morgan fingerprint density at radius 2 is 2.05 bits per heavy atom. The van der Waals surface area contributed by atoms with E-state index in [1.54, 1.807) is 12.1 Å². The summed E-state index contributed by atoms with van der Waals surface area (Å²) >= 11 is 0. The van der Waals surface area contributed by atoms with Crippen LogP contribution in [0.2, 0.25) is 0 Å². The van der Waals surface area contributed by atoms with Gasteiger partial charge in [0.1, 0.15) is 11.6 Å². The summed E-state index contributed by atoms with van der Waals surface area (Å²) in [6.07, 6.45) is 1.56. The summed E-state index contributed by atoms with van der Waals surface area (Å²) in [5.74, 6) is -1.04. The van der Waals surface area contributed by atoms with E-state index in [0.717, 1.165) is 30.2 Å². The van der Waals surface area contributed by atoms with E-state index >= 15 is 0 Å². The van der Waals surface area contributed by atoms with Gasteiger partial charge in [-0.25, -0.2) is 8.78 Å². The highest BCUT2D eigenvalue weighted by Gasteiger charge is 2.22. The molecule has 106 valence electrons. The fourth-order valence-corrected chi connectivity index (χ4v) is 2.85. The summed E-state index contributed by atoms with van der Waals surface area (Å²) in [6.45, 7) is 1.25. The Morgan fingerprint density at radius 1 is 1.19 bits per heavy atom. The normalized spacial score (nSPS) is 13.7. The molecule has 21 heavy (non-hydrogen) atoms. The maximum absolute atomic E-state index is 14.1. The molecule has 0 amide bonds. The number of benzene rings is 2. The Balaban J connectivity index is 1.93. The van der Waals surface area contributed by atoms with Crippen molar-refractivity contribution in [1.82, 2.24) is 0 Å². The highest BCUT2D eigenvalue weighted by atomic mass is 19.1. The van der Waals surface area contributed by atoms with Gasteiger partial charge in [0.2, 0.25) is 0 Å². The molecule has 2 aromatic carbocycles. The van der Waals surface area contributed by atoms with Gasteiger partial charge in [-0.1, -0.05) is 12.1 Å². The minimum absolute atomic E-state index is 0.491. The number of nitriles is 1. The second-order valence-electron chi connectivity index (χ2n) is 5.23. The van der Waals surface area contributed by atoms with Crippen LogP contribution in [0, 0.1) is 23.0 Å². The fraction of sp³-hybridized carbons (Fsp3) is 0.235. The largest absolute Gasteiger partial charge is 0.365 e. The number of hydrogen-bond acceptors (Lipinski definition) is 2. The highest BCUT2D eigenvalue weighted by Crippen LogP contribution is 2.32. The van der Waals surface area contributed by atoms with Gasteiger partial charge in [-0.05, 0) is 42.2 Å². The minimum Gasteiger partial charge on any atom is -0.365 e. The number of rotatable bonds is 2. The molecule has 0 aromatic heterocycles. The van der Waals surface area contributed by atoms with E-state index in [1.165, 1.54) is 6.07 Å². The number of fused-ring (bicyclic) bond motifs is 1. The topological polar surface area (TPSA) is 27.0 Å². The summed E-state index contributed by atoms with van der Waals surface area (Å²) in [5, 5.41) is 8.94. The van der Waals surface area contributed by atoms with Crippen LogP contribution < -0.4 is 4.90 Å². The molecular weight excluding hydrogens is 270 g/mol. The van der Waals surface area contributed by atoms with Crippen LogP contribution in [0.4, 0.5) is 14.5 Å². The van der Waals surface area contributed by atoms with Crippen molar-refractivity contribution in [2.75, 3.05) is 11.4 Å². The maximum Gasteiger partial charge on any atom is 0.149 e. The number of anilines is 1. The molecule has 0 bridgehead atoms. The summed E-state index contributed by atoms with van der Waals surface area (Å²) in [4.78, 5) is 1.92. The van der Waals surface area contributed by atoms with Gasteiger partial charge in [0.25, 0.3) is 0 Å². The van der Waals surface area contributed by atoms with Crippen molar-refractivity contribution >= 4 is 5.69 Å². The molecule has 0 spiro atoms. The molecule has 0 fully saturated rings. The fourth-order valence-electron chi connectivity index (χ4n) is 2.85. The molecule has 0 saturated carbocycles. The average molecular weight is 284 g/mol. The Hall–Kier alpha value is -2.41. The monoisotopic (exact) mass is 284 g/mol. The van der Waals surface area contributed by atoms with Crippen LogP contribution in [0.1, 0.15) is 23.1 Å². The van der Waals surface area contributed by atoms with Gasteiger partial charge in [-0.3, -0.25) is 0 Å². The van der Waals surface area contributed by atoms with Crippen LogP contribution >= 0.6 is 0 Å². The Morgan fingerprint density at radius 3 is 2.86 bits per heavy atom. The van der Waals surface area contributed by atoms with Crippen LogP contribution in [0.3, 0.4) is 0 Å². The van der Waals surface area contributed by atoms with E-state index in [9.17, 15) is 8.78 Å². The summed E-state index contributed by atoms with van der Waals surface area (Å²) in [6, 6.07) is 11.7. The smallest absolute Gasteiger partial charge is 0.149 e. The Kier molecular flexibility index (Phi) is 3.57. The number of halogens is 2. The van der Waals surface area contributed by atoms with Crippen LogP contribution in [-0.2, 0) is 13.0 Å². The van der Waals surface area contributed by atoms with Gasteiger partial charge in [0.15, 0.2) is 0 Å². The molecule has 0 N–H and O–H groups in total. The summed E-state index contributed by atoms with van der Waals surface area (Å²) in [7, 11) is 0. The third-order valence-corrected chi connectivity index (χ3v) is 3.73. The van der Waals surface area contributed by atoms with Crippen molar-refractivity contribution in [1.29, 1.82) is 5.26 Å². The predicted octanol–water partition coefficient (Wildman–Crippen LogP) is 3.79. The molecular formula is C17H14F2N2. The number of aryl methyl sites for hydroxylation is 1. The zero-order valence-electron chi connectivity index (χ0n) is 11.4. The zero-order valence-corrected chi connectivity index (χ0v) is 11.4. The standard InChI is InChI=1S/C17H14F2N2/c18-15-8-14-5-2-6-21(17(14)16(19)9-15)11-13-4-1-3-12(7-13)10-20/h1,3-4,7-9H,2,5-6,11H2. The summed E-state index contributed by atoms with van der Waals surface area (Å²) < 4.78 is 27.4. The Labute approximate surface area is 122 Å². The average Bonchev–Trinajstić information content (AvgIpc) is 2.47. The van der Waals surface area contributed by atoms with E-state index in [1.807, 2.05) is 17.0 Å². The molecule has 0 unspecified atom stereocenters. The zero-order chi connectivity index (χ0) is 14.8. The first-order valence-electron chi connectivity index (χ1n) is 6.89. The Bertz CT molecular complexity index is 719. The highest BCUT2D eigenvalue weighted by molar-refractivity contribution is 5.57. The van der Waals surface area contributed by atoms with Crippen molar-refractivity contribution in [3.63, 3.8) is 0 Å². The molecule has 0 saturated heterocycles. The molecule has 0 radical (unpaired) electrons. The second-order valence-corrected chi connectivity index (χ2v) is 5.23. The van der Waals surface area contributed by atoms with Gasteiger partial charge in [0.05, 0.1) is 17.3 Å². The quantitative estimate of drug-likeness (QED) is 0.839. The second kappa shape index (κ2) is 5.53. The van der Waals surface area contributed by atoms with Gasteiger partial charge in [-0.15, -0.1) is 0 Å². The van der Waals surface area contributed by atoms with E-state index < -0.39 is 11.6 Å². The molecule has 2 aromatic rings.